The number of rotatable bonds is 11. The van der Waals surface area contributed by atoms with Crippen LogP contribution in [0.5, 0.6) is 0 Å². The molecule has 2 atom stereocenters. The van der Waals surface area contributed by atoms with E-state index in [1.165, 1.54) is 19.3 Å². The summed E-state index contributed by atoms with van der Waals surface area (Å²) in [6, 6.07) is 0.287. The summed E-state index contributed by atoms with van der Waals surface area (Å²) in [7, 11) is 1.70. The third kappa shape index (κ3) is 13.8. The van der Waals surface area contributed by atoms with E-state index in [4.69, 9.17) is 14.2 Å². The number of alkyl carbamates (subject to hydrolysis) is 2. The van der Waals surface area contributed by atoms with Crippen molar-refractivity contribution >= 4 is 12.2 Å². The molecule has 0 radical (unpaired) electrons. The molecule has 3 N–H and O–H groups in total. The van der Waals surface area contributed by atoms with Gasteiger partial charge in [-0.3, -0.25) is 0 Å². The van der Waals surface area contributed by atoms with Crippen LogP contribution in [0.15, 0.2) is 0 Å². The van der Waals surface area contributed by atoms with Crippen LogP contribution in [0.4, 0.5) is 9.59 Å². The van der Waals surface area contributed by atoms with E-state index in [9.17, 15) is 9.59 Å². The molecule has 1 rings (SSSR count). The Kier molecular flexibility index (Phi) is 12.4. The minimum atomic E-state index is -0.516. The van der Waals surface area contributed by atoms with E-state index in [2.05, 4.69) is 16.0 Å². The van der Waals surface area contributed by atoms with E-state index >= 15 is 0 Å². The highest BCUT2D eigenvalue weighted by Crippen LogP contribution is 2.27. The summed E-state index contributed by atoms with van der Waals surface area (Å²) in [6.45, 7) is 12.8. The zero-order chi connectivity index (χ0) is 24.2. The van der Waals surface area contributed by atoms with Crippen LogP contribution >= 0.6 is 0 Å². The van der Waals surface area contributed by atoms with Crippen molar-refractivity contribution in [3.63, 3.8) is 0 Å². The summed E-state index contributed by atoms with van der Waals surface area (Å²) in [5.74, 6) is 0.512. The zero-order valence-corrected chi connectivity index (χ0v) is 21.3. The molecule has 0 saturated heterocycles. The Morgan fingerprint density at radius 1 is 0.906 bits per heavy atom. The Bertz CT molecular complexity index is 551. The Morgan fingerprint density at radius 2 is 1.47 bits per heavy atom. The molecule has 1 fully saturated rings. The predicted molar refractivity (Wildman–Crippen MR) is 127 cm³/mol. The van der Waals surface area contributed by atoms with Crippen molar-refractivity contribution in [2.45, 2.75) is 110 Å². The summed E-state index contributed by atoms with van der Waals surface area (Å²) in [5, 5.41) is 9.49. The van der Waals surface area contributed by atoms with Gasteiger partial charge in [0.1, 0.15) is 11.2 Å². The first-order chi connectivity index (χ1) is 14.9. The van der Waals surface area contributed by atoms with Gasteiger partial charge in [0.25, 0.3) is 0 Å². The largest absolute Gasteiger partial charge is 0.444 e. The quantitative estimate of drug-likeness (QED) is 0.399. The van der Waals surface area contributed by atoms with Crippen LogP contribution in [0.2, 0.25) is 0 Å². The van der Waals surface area contributed by atoms with E-state index in [1.54, 1.807) is 7.11 Å². The van der Waals surface area contributed by atoms with Crippen molar-refractivity contribution in [2.75, 3.05) is 26.8 Å². The second kappa shape index (κ2) is 13.9. The highest BCUT2D eigenvalue weighted by Gasteiger charge is 2.27. The first-order valence-corrected chi connectivity index (χ1v) is 12.1. The molecule has 0 aromatic heterocycles. The van der Waals surface area contributed by atoms with Gasteiger partial charge in [-0.25, -0.2) is 9.59 Å². The Labute approximate surface area is 194 Å². The highest BCUT2D eigenvalue weighted by molar-refractivity contribution is 5.68. The SMILES string of the molecule is COCC(CCCNC(=O)OC(C)(C)C)NC(CNC(=O)OC(C)(C)C)C1CCCCC1. The first-order valence-electron chi connectivity index (χ1n) is 12.1. The van der Waals surface area contributed by atoms with E-state index in [0.29, 0.717) is 25.6 Å². The fourth-order valence-corrected chi connectivity index (χ4v) is 3.98. The summed E-state index contributed by atoms with van der Waals surface area (Å²) in [4.78, 5) is 24.0. The van der Waals surface area contributed by atoms with Gasteiger partial charge in [-0.15, -0.1) is 0 Å². The average Bonchev–Trinajstić information content (AvgIpc) is 2.66. The van der Waals surface area contributed by atoms with Gasteiger partial charge < -0.3 is 30.2 Å². The highest BCUT2D eigenvalue weighted by atomic mass is 16.6. The lowest BCUT2D eigenvalue weighted by molar-refractivity contribution is 0.0508. The molecule has 0 spiro atoms. The molecule has 1 aliphatic rings. The molecule has 8 nitrogen and oxygen atoms in total. The minimum absolute atomic E-state index is 0.132. The Hall–Kier alpha value is -1.54. The van der Waals surface area contributed by atoms with Gasteiger partial charge in [-0.2, -0.15) is 0 Å². The summed E-state index contributed by atoms with van der Waals surface area (Å²) in [5.41, 5.74) is -1.02. The van der Waals surface area contributed by atoms with E-state index in [0.717, 1.165) is 25.7 Å². The van der Waals surface area contributed by atoms with Crippen molar-refractivity contribution in [2.24, 2.45) is 5.92 Å². The fraction of sp³-hybridized carbons (Fsp3) is 0.917. The maximum atomic E-state index is 12.2. The Morgan fingerprint density at radius 3 is 2.00 bits per heavy atom. The van der Waals surface area contributed by atoms with E-state index in [-0.39, 0.29) is 18.2 Å². The van der Waals surface area contributed by atoms with Crippen LogP contribution in [0.3, 0.4) is 0 Å². The minimum Gasteiger partial charge on any atom is -0.444 e. The van der Waals surface area contributed by atoms with Gasteiger partial charge in [0.15, 0.2) is 0 Å². The maximum Gasteiger partial charge on any atom is 0.407 e. The van der Waals surface area contributed by atoms with Crippen LogP contribution in [0.25, 0.3) is 0 Å². The van der Waals surface area contributed by atoms with Crippen molar-refractivity contribution in [3.8, 4) is 0 Å². The first kappa shape index (κ1) is 28.5. The molecule has 32 heavy (non-hydrogen) atoms. The number of hydrogen-bond acceptors (Lipinski definition) is 6. The molecule has 188 valence electrons. The van der Waals surface area contributed by atoms with Crippen LogP contribution in [0, 0.1) is 5.92 Å². The molecule has 0 aliphatic heterocycles. The number of hydrogen-bond donors (Lipinski definition) is 3. The fourth-order valence-electron chi connectivity index (χ4n) is 3.98. The van der Waals surface area contributed by atoms with Crippen molar-refractivity contribution in [1.82, 2.24) is 16.0 Å². The lowest BCUT2D eigenvalue weighted by Gasteiger charge is -2.34. The average molecular weight is 458 g/mol. The topological polar surface area (TPSA) is 97.9 Å². The lowest BCUT2D eigenvalue weighted by atomic mass is 9.83. The predicted octanol–water partition coefficient (Wildman–Crippen LogP) is 4.37. The normalized spacial score (nSPS) is 17.3. The van der Waals surface area contributed by atoms with Gasteiger partial charge >= 0.3 is 12.2 Å². The molecule has 0 heterocycles. The zero-order valence-electron chi connectivity index (χ0n) is 21.3. The number of carbonyl (C=O) groups excluding carboxylic acids is 2. The molecule has 0 bridgehead atoms. The van der Waals surface area contributed by atoms with Crippen LogP contribution in [-0.2, 0) is 14.2 Å². The second-order valence-corrected chi connectivity index (χ2v) is 10.8. The number of carbonyl (C=O) groups is 2. The molecular formula is C24H47N3O5. The van der Waals surface area contributed by atoms with Gasteiger partial charge in [0.2, 0.25) is 0 Å². The molecule has 0 aromatic rings. The summed E-state index contributed by atoms with van der Waals surface area (Å²) in [6.07, 6.45) is 6.92. The molecule has 2 unspecified atom stereocenters. The van der Waals surface area contributed by atoms with Crippen molar-refractivity contribution in [3.05, 3.63) is 0 Å². The van der Waals surface area contributed by atoms with Gasteiger partial charge in [-0.1, -0.05) is 19.3 Å². The number of methoxy groups -OCH3 is 1. The summed E-state index contributed by atoms with van der Waals surface area (Å²) >= 11 is 0. The van der Waals surface area contributed by atoms with Gasteiger partial charge in [0, 0.05) is 32.3 Å². The third-order valence-corrected chi connectivity index (χ3v) is 5.30. The van der Waals surface area contributed by atoms with Crippen molar-refractivity contribution in [1.29, 1.82) is 0 Å². The molecule has 1 saturated carbocycles. The van der Waals surface area contributed by atoms with Gasteiger partial charge in [-0.05, 0) is 73.1 Å². The van der Waals surface area contributed by atoms with Crippen LogP contribution < -0.4 is 16.0 Å². The smallest absolute Gasteiger partial charge is 0.407 e. The molecular weight excluding hydrogens is 410 g/mol. The standard InChI is InChI=1S/C24H47N3O5/c1-23(2,3)31-21(28)25-15-11-14-19(17-30-7)27-20(18-12-9-8-10-13-18)16-26-22(29)32-24(4,5)6/h18-20,27H,8-17H2,1-7H3,(H,25,28)(H,26,29). The maximum absolute atomic E-state index is 12.2. The second-order valence-electron chi connectivity index (χ2n) is 10.8. The van der Waals surface area contributed by atoms with Crippen molar-refractivity contribution < 1.29 is 23.8 Å². The number of nitrogens with one attached hydrogen (secondary N) is 3. The van der Waals surface area contributed by atoms with E-state index < -0.39 is 17.3 Å². The monoisotopic (exact) mass is 457 g/mol. The van der Waals surface area contributed by atoms with Crippen LogP contribution in [-0.4, -0.2) is 62.3 Å². The van der Waals surface area contributed by atoms with E-state index in [1.807, 2.05) is 41.5 Å². The number of amides is 2. The number of ether oxygens (including phenoxy) is 3. The molecule has 2 amide bonds. The van der Waals surface area contributed by atoms with Gasteiger partial charge in [0.05, 0.1) is 6.61 Å². The molecule has 0 aromatic carbocycles. The Balaban J connectivity index is 2.59. The van der Waals surface area contributed by atoms with Crippen LogP contribution in [0.1, 0.15) is 86.5 Å². The molecule has 1 aliphatic carbocycles. The lowest BCUT2D eigenvalue weighted by Crippen LogP contribution is -2.51. The third-order valence-electron chi connectivity index (χ3n) is 5.30. The summed E-state index contributed by atoms with van der Waals surface area (Å²) < 4.78 is 16.1. The molecule has 8 heteroatoms.